The second-order valence-corrected chi connectivity index (χ2v) is 17.6. The van der Waals surface area contributed by atoms with E-state index in [2.05, 4.69) is 10.8 Å². The molecule has 0 aromatic heterocycles. The summed E-state index contributed by atoms with van der Waals surface area (Å²) in [6.45, 7) is 3.84. The molecule has 6 aromatic rings. The van der Waals surface area contributed by atoms with E-state index < -0.39 is 35.3 Å². The Morgan fingerprint density at radius 1 is 0.781 bits per heavy atom. The van der Waals surface area contributed by atoms with Gasteiger partial charge in [-0.25, -0.2) is 4.79 Å². The van der Waals surface area contributed by atoms with Crippen molar-refractivity contribution in [1.82, 2.24) is 4.90 Å². The van der Waals surface area contributed by atoms with Crippen molar-refractivity contribution in [2.45, 2.75) is 89.3 Å². The van der Waals surface area contributed by atoms with Gasteiger partial charge in [0.05, 0.1) is 18.2 Å². The quantitative estimate of drug-likeness (QED) is 0.111. The maximum Gasteiger partial charge on any atom is 0.573 e. The highest BCUT2D eigenvalue weighted by molar-refractivity contribution is 6.10. The van der Waals surface area contributed by atoms with E-state index in [1.165, 1.54) is 29.2 Å². The van der Waals surface area contributed by atoms with Crippen LogP contribution in [0.15, 0.2) is 151 Å². The van der Waals surface area contributed by atoms with Crippen LogP contribution in [0.3, 0.4) is 0 Å². The van der Waals surface area contributed by atoms with Gasteiger partial charge < -0.3 is 24.6 Å². The number of rotatable bonds is 9. The first-order valence-corrected chi connectivity index (χ1v) is 21.9. The smallest absolute Gasteiger partial charge is 0.410 e. The highest BCUT2D eigenvalue weighted by Gasteiger charge is 2.58. The van der Waals surface area contributed by atoms with Gasteiger partial charge in [0.15, 0.2) is 5.78 Å². The van der Waals surface area contributed by atoms with Gasteiger partial charge >= 0.3 is 12.5 Å². The predicted molar refractivity (Wildman–Crippen MR) is 242 cm³/mol. The van der Waals surface area contributed by atoms with Crippen LogP contribution in [0.2, 0.25) is 0 Å². The lowest BCUT2D eigenvalue weighted by Gasteiger charge is -2.46. The molecule has 3 aliphatic carbocycles. The summed E-state index contributed by atoms with van der Waals surface area (Å²) < 4.78 is 49.3. The average Bonchev–Trinajstić information content (AvgIpc) is 3.53. The normalized spacial score (nSPS) is 21.4. The molecule has 2 bridgehead atoms. The number of carbonyl (C=O) groups excluding carboxylic acids is 2. The van der Waals surface area contributed by atoms with Crippen LogP contribution >= 0.6 is 0 Å². The fraction of sp³-hybridized carbons (Fsp3) is 0.296. The summed E-state index contributed by atoms with van der Waals surface area (Å²) in [5, 5.41) is 26.2. The standard InChI is InChI=1S/C54H52F3NO6/c1-36-9-8-29-52(2)49(47-27-17-38(31-44(59)23-14-36)32-48(47)50(60)42-20-18-41(19-21-42)39-10-4-3-5-11-39)28-30-53(52,62)35-58(34-37-15-24-45(25-16-37)64-54(55,56)57)51(61)63-46-26-22-40-12-6-7-13-43(40)33-46/h3-7,9-13,15-22,24-27,32-33,44,49,59,62H,8,14,23,28-31,34-35H2,1-2H3/t44-,49-,52-,53+/m0/s1. The number of halogens is 3. The number of ketones is 1. The number of alkyl halides is 3. The molecule has 7 nitrogen and oxygen atoms in total. The molecule has 0 spiro atoms. The fourth-order valence-corrected chi connectivity index (χ4v) is 9.71. The van der Waals surface area contributed by atoms with E-state index in [4.69, 9.17) is 4.74 Å². The van der Waals surface area contributed by atoms with Gasteiger partial charge in [0.25, 0.3) is 0 Å². The number of fused-ring (bicyclic) bond motifs is 9. The molecule has 0 saturated heterocycles. The molecule has 1 fully saturated rings. The van der Waals surface area contributed by atoms with Crippen LogP contribution in [0.25, 0.3) is 21.9 Å². The van der Waals surface area contributed by atoms with E-state index >= 15 is 0 Å². The van der Waals surface area contributed by atoms with Crippen molar-refractivity contribution in [3.05, 3.63) is 179 Å². The maximum atomic E-state index is 14.8. The molecular weight excluding hydrogens is 816 g/mol. The second kappa shape index (κ2) is 18.5. The number of hydrogen-bond acceptors (Lipinski definition) is 6. The number of aliphatic hydroxyl groups excluding tert-OH is 1. The molecule has 1 saturated carbocycles. The zero-order chi connectivity index (χ0) is 45.1. The highest BCUT2D eigenvalue weighted by atomic mass is 19.4. The zero-order valence-corrected chi connectivity index (χ0v) is 36.0. The molecule has 64 heavy (non-hydrogen) atoms. The number of benzene rings is 6. The molecule has 0 aliphatic heterocycles. The fourth-order valence-electron chi connectivity index (χ4n) is 9.71. The molecule has 1 amide bonds. The van der Waals surface area contributed by atoms with Crippen LogP contribution in [0.5, 0.6) is 11.5 Å². The zero-order valence-electron chi connectivity index (χ0n) is 36.0. The third kappa shape index (κ3) is 9.93. The Labute approximate surface area is 371 Å². The van der Waals surface area contributed by atoms with Crippen molar-refractivity contribution >= 4 is 22.6 Å². The van der Waals surface area contributed by atoms with Gasteiger partial charge in [-0.05, 0) is 127 Å². The van der Waals surface area contributed by atoms with Crippen molar-refractivity contribution in [1.29, 1.82) is 0 Å². The number of amides is 1. The number of allylic oxidation sites excluding steroid dienone is 2. The summed E-state index contributed by atoms with van der Waals surface area (Å²) in [4.78, 5) is 30.6. The van der Waals surface area contributed by atoms with E-state index in [0.29, 0.717) is 61.0 Å². The van der Waals surface area contributed by atoms with Crippen LogP contribution in [0, 0.1) is 5.41 Å². The highest BCUT2D eigenvalue weighted by Crippen LogP contribution is 2.59. The largest absolute Gasteiger partial charge is 0.573 e. The van der Waals surface area contributed by atoms with Crippen LogP contribution in [0.4, 0.5) is 18.0 Å². The van der Waals surface area contributed by atoms with Crippen LogP contribution in [-0.4, -0.2) is 51.6 Å². The van der Waals surface area contributed by atoms with Gasteiger partial charge in [0.1, 0.15) is 11.5 Å². The van der Waals surface area contributed by atoms with Crippen molar-refractivity contribution in [2.75, 3.05) is 6.54 Å². The first-order chi connectivity index (χ1) is 30.7. The van der Waals surface area contributed by atoms with Crippen LogP contribution < -0.4 is 9.47 Å². The lowest BCUT2D eigenvalue weighted by atomic mass is 9.64. The minimum absolute atomic E-state index is 0.0828. The molecule has 10 heteroatoms. The van der Waals surface area contributed by atoms with Gasteiger partial charge in [-0.1, -0.05) is 128 Å². The van der Waals surface area contributed by atoms with Gasteiger partial charge in [0, 0.05) is 23.1 Å². The topological polar surface area (TPSA) is 96.3 Å². The van der Waals surface area contributed by atoms with E-state index in [1.807, 2.05) is 117 Å². The Hall–Kier alpha value is -6.23. The Balaban J connectivity index is 1.16. The van der Waals surface area contributed by atoms with Crippen molar-refractivity contribution in [3.8, 4) is 22.6 Å². The molecule has 330 valence electrons. The summed E-state index contributed by atoms with van der Waals surface area (Å²) >= 11 is 0. The molecule has 3 aliphatic rings. The second-order valence-electron chi connectivity index (χ2n) is 17.6. The van der Waals surface area contributed by atoms with Crippen molar-refractivity contribution in [2.24, 2.45) is 5.41 Å². The first kappa shape index (κ1) is 44.4. The van der Waals surface area contributed by atoms with Gasteiger partial charge in [0.2, 0.25) is 0 Å². The summed E-state index contributed by atoms with van der Waals surface area (Å²) in [6, 6.07) is 41.6. The molecule has 6 aromatic carbocycles. The average molecular weight is 868 g/mol. The van der Waals surface area contributed by atoms with Gasteiger partial charge in [-0.3, -0.25) is 4.79 Å². The summed E-state index contributed by atoms with van der Waals surface area (Å²) in [5.41, 5.74) is 3.89. The Morgan fingerprint density at radius 2 is 1.47 bits per heavy atom. The van der Waals surface area contributed by atoms with E-state index in [0.717, 1.165) is 38.6 Å². The molecule has 4 atom stereocenters. The van der Waals surface area contributed by atoms with Gasteiger partial charge in [-0.15, -0.1) is 13.2 Å². The minimum Gasteiger partial charge on any atom is -0.410 e. The summed E-state index contributed by atoms with van der Waals surface area (Å²) in [5.74, 6) is -0.584. The third-order valence-corrected chi connectivity index (χ3v) is 13.3. The SMILES string of the molecule is CC1=CCC[C@@]2(C)[C@@H](CC[C@@]2(O)CN(Cc2ccc(OC(F)(F)F)cc2)C(=O)Oc2ccc3ccccc3c2)c2ccc(cc2C(=O)c2ccc(-c3ccccc3)cc2)C[C@@H](O)CC1. The van der Waals surface area contributed by atoms with E-state index in [9.17, 15) is 33.0 Å². The van der Waals surface area contributed by atoms with Crippen LogP contribution in [0.1, 0.15) is 90.9 Å². The van der Waals surface area contributed by atoms with Crippen molar-refractivity contribution < 1.29 is 42.4 Å². The lowest BCUT2D eigenvalue weighted by Crippen LogP contribution is -2.54. The number of ether oxygens (including phenoxy) is 2. The first-order valence-electron chi connectivity index (χ1n) is 21.9. The third-order valence-electron chi connectivity index (χ3n) is 13.3. The Bertz CT molecular complexity index is 2650. The summed E-state index contributed by atoms with van der Waals surface area (Å²) in [7, 11) is 0. The van der Waals surface area contributed by atoms with E-state index in [1.54, 1.807) is 12.1 Å². The number of nitrogens with zero attached hydrogens (tertiary/aromatic N) is 1. The molecule has 0 radical (unpaired) electrons. The Morgan fingerprint density at radius 3 is 2.20 bits per heavy atom. The maximum absolute atomic E-state index is 14.8. The molecule has 0 unspecified atom stereocenters. The number of aliphatic hydroxyl groups is 2. The summed E-state index contributed by atoms with van der Waals surface area (Å²) in [6.07, 6.45) is -0.539. The monoisotopic (exact) mass is 867 g/mol. The number of carbonyl (C=O) groups is 2. The number of hydrogen-bond donors (Lipinski definition) is 2. The predicted octanol–water partition coefficient (Wildman–Crippen LogP) is 12.4. The minimum atomic E-state index is -4.87. The molecule has 0 heterocycles. The van der Waals surface area contributed by atoms with E-state index in [-0.39, 0.29) is 31.2 Å². The molecule has 9 rings (SSSR count). The van der Waals surface area contributed by atoms with Crippen molar-refractivity contribution in [3.63, 3.8) is 0 Å². The lowest BCUT2D eigenvalue weighted by molar-refractivity contribution is -0.274. The molecule has 2 N–H and O–H groups in total. The van der Waals surface area contributed by atoms with Gasteiger partial charge in [-0.2, -0.15) is 0 Å². The molecular formula is C54H52F3NO6. The Kier molecular flexibility index (Phi) is 12.8. The van der Waals surface area contributed by atoms with Crippen LogP contribution in [-0.2, 0) is 13.0 Å².